The standard InChI is InChI=1S/C24H28N2O3/c1-29-21-10-6-5-9-19(21)15-20-22(25-24(28)26-23(20)27)18-13-11-17(12-14-18)16-7-3-2-4-8-16/h2-7,9-10,16-18H,8,11-15H2,1H3,(H2,25,26,27,28)/t16?,17-,18-. The third kappa shape index (κ3) is 4.29. The fourth-order valence-corrected chi connectivity index (χ4v) is 4.88. The van der Waals surface area contributed by atoms with E-state index < -0.39 is 5.69 Å². The van der Waals surface area contributed by atoms with Crippen molar-refractivity contribution in [3.63, 3.8) is 0 Å². The van der Waals surface area contributed by atoms with Gasteiger partial charge in [0.05, 0.1) is 7.11 Å². The molecule has 4 rings (SSSR count). The van der Waals surface area contributed by atoms with Crippen molar-refractivity contribution in [3.8, 4) is 5.75 Å². The highest BCUT2D eigenvalue weighted by molar-refractivity contribution is 5.38. The lowest BCUT2D eigenvalue weighted by molar-refractivity contribution is 0.262. The number of aromatic nitrogens is 2. The molecule has 2 aliphatic rings. The van der Waals surface area contributed by atoms with Gasteiger partial charge in [0.2, 0.25) is 0 Å². The van der Waals surface area contributed by atoms with Gasteiger partial charge in [-0.15, -0.1) is 0 Å². The summed E-state index contributed by atoms with van der Waals surface area (Å²) >= 11 is 0. The fraction of sp³-hybridized carbons (Fsp3) is 0.417. The maximum absolute atomic E-state index is 12.7. The highest BCUT2D eigenvalue weighted by Gasteiger charge is 2.29. The first-order valence-electron chi connectivity index (χ1n) is 10.5. The SMILES string of the molecule is COc1ccccc1Cc1c(=O)[nH]c(=O)[nH]c1[C@H]1CC[C@H](C2C=CC=CC2)CC1. The summed E-state index contributed by atoms with van der Waals surface area (Å²) in [6, 6.07) is 7.71. The number of rotatable bonds is 5. The van der Waals surface area contributed by atoms with Gasteiger partial charge in [0.25, 0.3) is 5.56 Å². The second-order valence-corrected chi connectivity index (χ2v) is 8.11. The molecular formula is C24H28N2O3. The summed E-state index contributed by atoms with van der Waals surface area (Å²) in [7, 11) is 1.63. The molecule has 2 aromatic rings. The number of aromatic amines is 2. The number of methoxy groups -OCH3 is 1. The van der Waals surface area contributed by atoms with Gasteiger partial charge < -0.3 is 9.72 Å². The molecule has 5 heteroatoms. The Kier molecular flexibility index (Phi) is 5.84. The lowest BCUT2D eigenvalue weighted by Gasteiger charge is -2.33. The molecule has 1 unspecified atom stereocenters. The maximum atomic E-state index is 12.7. The van der Waals surface area contributed by atoms with Crippen molar-refractivity contribution in [3.05, 3.63) is 86.2 Å². The molecule has 0 bridgehead atoms. The first-order valence-corrected chi connectivity index (χ1v) is 10.5. The Bertz CT molecular complexity index is 1020. The van der Waals surface area contributed by atoms with Crippen LogP contribution in [0.25, 0.3) is 0 Å². The summed E-state index contributed by atoms with van der Waals surface area (Å²) in [6.07, 6.45) is 14.6. The van der Waals surface area contributed by atoms with E-state index in [-0.39, 0.29) is 11.5 Å². The summed E-state index contributed by atoms with van der Waals surface area (Å²) in [5.74, 6) is 2.27. The second kappa shape index (κ2) is 8.68. The number of nitrogens with one attached hydrogen (secondary N) is 2. The van der Waals surface area contributed by atoms with Crippen LogP contribution in [0.5, 0.6) is 5.75 Å². The third-order valence-corrected chi connectivity index (χ3v) is 6.43. The number of hydrogen-bond acceptors (Lipinski definition) is 3. The molecule has 2 N–H and O–H groups in total. The molecule has 29 heavy (non-hydrogen) atoms. The van der Waals surface area contributed by atoms with Crippen LogP contribution in [0.4, 0.5) is 0 Å². The Morgan fingerprint density at radius 1 is 1.03 bits per heavy atom. The molecule has 5 nitrogen and oxygen atoms in total. The van der Waals surface area contributed by atoms with Crippen LogP contribution in [0, 0.1) is 11.8 Å². The molecule has 2 aliphatic carbocycles. The van der Waals surface area contributed by atoms with E-state index in [1.807, 2.05) is 24.3 Å². The van der Waals surface area contributed by atoms with Crippen molar-refractivity contribution in [2.24, 2.45) is 11.8 Å². The van der Waals surface area contributed by atoms with Crippen LogP contribution in [-0.2, 0) is 6.42 Å². The fourth-order valence-electron chi connectivity index (χ4n) is 4.88. The minimum atomic E-state index is -0.420. The van der Waals surface area contributed by atoms with E-state index in [2.05, 4.69) is 34.3 Å². The van der Waals surface area contributed by atoms with Gasteiger partial charge >= 0.3 is 5.69 Å². The van der Waals surface area contributed by atoms with Crippen LogP contribution in [-0.4, -0.2) is 17.1 Å². The van der Waals surface area contributed by atoms with Crippen molar-refractivity contribution < 1.29 is 4.74 Å². The van der Waals surface area contributed by atoms with Gasteiger partial charge in [0.1, 0.15) is 5.75 Å². The molecule has 1 fully saturated rings. The van der Waals surface area contributed by atoms with E-state index >= 15 is 0 Å². The lowest BCUT2D eigenvalue weighted by Crippen LogP contribution is -2.31. The average Bonchev–Trinajstić information content (AvgIpc) is 2.76. The highest BCUT2D eigenvalue weighted by atomic mass is 16.5. The molecule has 1 saturated carbocycles. The zero-order chi connectivity index (χ0) is 20.2. The molecule has 0 amide bonds. The number of hydrogen-bond donors (Lipinski definition) is 2. The van der Waals surface area contributed by atoms with Crippen LogP contribution < -0.4 is 16.0 Å². The molecular weight excluding hydrogens is 364 g/mol. The summed E-state index contributed by atoms with van der Waals surface area (Å²) in [5.41, 5.74) is 1.69. The van der Waals surface area contributed by atoms with E-state index in [4.69, 9.17) is 4.74 Å². The summed E-state index contributed by atoms with van der Waals surface area (Å²) < 4.78 is 5.45. The monoisotopic (exact) mass is 392 g/mol. The molecule has 1 aromatic heterocycles. The van der Waals surface area contributed by atoms with E-state index in [0.717, 1.165) is 49.1 Å². The normalized spacial score (nSPS) is 23.8. The number of benzene rings is 1. The Hall–Kier alpha value is -2.82. The van der Waals surface area contributed by atoms with Gasteiger partial charge in [-0.1, -0.05) is 42.5 Å². The van der Waals surface area contributed by atoms with Gasteiger partial charge in [0, 0.05) is 17.7 Å². The topological polar surface area (TPSA) is 75.0 Å². The number of H-pyrrole nitrogens is 2. The maximum Gasteiger partial charge on any atom is 0.325 e. The van der Waals surface area contributed by atoms with Crippen LogP contribution in [0.1, 0.15) is 54.8 Å². The average molecular weight is 392 g/mol. The minimum Gasteiger partial charge on any atom is -0.496 e. The molecule has 0 saturated heterocycles. The third-order valence-electron chi connectivity index (χ3n) is 6.43. The van der Waals surface area contributed by atoms with Crippen LogP contribution in [0.3, 0.4) is 0 Å². The number of allylic oxidation sites excluding steroid dienone is 4. The van der Waals surface area contributed by atoms with Gasteiger partial charge in [-0.3, -0.25) is 9.78 Å². The quantitative estimate of drug-likeness (QED) is 0.805. The molecule has 1 atom stereocenters. The number of ether oxygens (including phenoxy) is 1. The van der Waals surface area contributed by atoms with Gasteiger partial charge in [0.15, 0.2) is 0 Å². The van der Waals surface area contributed by atoms with E-state index in [9.17, 15) is 9.59 Å². The van der Waals surface area contributed by atoms with Crippen molar-refractivity contribution in [2.75, 3.05) is 7.11 Å². The summed E-state index contributed by atoms with van der Waals surface area (Å²) in [4.78, 5) is 30.1. The minimum absolute atomic E-state index is 0.217. The van der Waals surface area contributed by atoms with E-state index in [1.165, 1.54) is 0 Å². The Balaban J connectivity index is 1.58. The zero-order valence-corrected chi connectivity index (χ0v) is 16.8. The van der Waals surface area contributed by atoms with Crippen LogP contribution in [0.2, 0.25) is 0 Å². The Morgan fingerprint density at radius 3 is 2.55 bits per heavy atom. The van der Waals surface area contributed by atoms with Crippen molar-refractivity contribution >= 4 is 0 Å². The predicted molar refractivity (Wildman–Crippen MR) is 115 cm³/mol. The lowest BCUT2D eigenvalue weighted by atomic mass is 9.72. The van der Waals surface area contributed by atoms with Crippen molar-refractivity contribution in [1.29, 1.82) is 0 Å². The van der Waals surface area contributed by atoms with Crippen LogP contribution >= 0.6 is 0 Å². The predicted octanol–water partition coefficient (Wildman–Crippen LogP) is 4.07. The first-order chi connectivity index (χ1) is 14.2. The van der Waals surface area contributed by atoms with Crippen molar-refractivity contribution in [1.82, 2.24) is 9.97 Å². The molecule has 0 spiro atoms. The molecule has 0 aliphatic heterocycles. The Labute approximate surface area is 170 Å². The highest BCUT2D eigenvalue weighted by Crippen LogP contribution is 2.40. The van der Waals surface area contributed by atoms with Gasteiger partial charge in [-0.2, -0.15) is 0 Å². The van der Waals surface area contributed by atoms with E-state index in [0.29, 0.717) is 23.8 Å². The smallest absolute Gasteiger partial charge is 0.325 e. The second-order valence-electron chi connectivity index (χ2n) is 8.11. The molecule has 1 aromatic carbocycles. The number of para-hydroxylation sites is 1. The zero-order valence-electron chi connectivity index (χ0n) is 16.8. The van der Waals surface area contributed by atoms with Crippen molar-refractivity contribution in [2.45, 2.75) is 44.4 Å². The molecule has 1 heterocycles. The van der Waals surface area contributed by atoms with Gasteiger partial charge in [-0.25, -0.2) is 4.79 Å². The largest absolute Gasteiger partial charge is 0.496 e. The summed E-state index contributed by atoms with van der Waals surface area (Å²) in [6.45, 7) is 0. The van der Waals surface area contributed by atoms with Crippen LogP contribution in [0.15, 0.2) is 58.2 Å². The first kappa shape index (κ1) is 19.5. The van der Waals surface area contributed by atoms with Gasteiger partial charge in [-0.05, 0) is 61.5 Å². The molecule has 152 valence electrons. The van der Waals surface area contributed by atoms with E-state index in [1.54, 1.807) is 7.11 Å². The Morgan fingerprint density at radius 2 is 1.83 bits per heavy atom. The molecule has 0 radical (unpaired) electrons. The summed E-state index contributed by atoms with van der Waals surface area (Å²) in [5, 5.41) is 0.